The SMILES string of the molecule is Cc1nn(-c2ccccc2)c2c1[C@@H]1C3=Cc4cc5ccccc5nc4S[C@]3(C)CC[C@@H]1C(C)(C)O2. The van der Waals surface area contributed by atoms with E-state index in [9.17, 15) is 0 Å². The van der Waals surface area contributed by atoms with E-state index in [2.05, 4.69) is 88.4 Å². The molecule has 5 heteroatoms. The summed E-state index contributed by atoms with van der Waals surface area (Å²) in [6.07, 6.45) is 4.69. The lowest BCUT2D eigenvalue weighted by Crippen LogP contribution is -2.51. The van der Waals surface area contributed by atoms with Crippen LogP contribution in [0.15, 0.2) is 71.3 Å². The van der Waals surface area contributed by atoms with Crippen LogP contribution in [0.5, 0.6) is 5.88 Å². The van der Waals surface area contributed by atoms with E-state index in [4.69, 9.17) is 14.8 Å². The number of benzene rings is 2. The predicted octanol–water partition coefficient (Wildman–Crippen LogP) is 7.34. The minimum atomic E-state index is -0.286. The van der Waals surface area contributed by atoms with Crippen LogP contribution >= 0.6 is 11.8 Å². The summed E-state index contributed by atoms with van der Waals surface area (Å²) in [5, 5.41) is 7.35. The van der Waals surface area contributed by atoms with E-state index in [1.165, 1.54) is 22.1 Å². The fourth-order valence-corrected chi connectivity index (χ4v) is 7.80. The lowest BCUT2D eigenvalue weighted by Gasteiger charge is -2.53. The lowest BCUT2D eigenvalue weighted by atomic mass is 9.61. The predicted molar refractivity (Wildman–Crippen MR) is 142 cm³/mol. The molecule has 1 fully saturated rings. The van der Waals surface area contributed by atoms with Crippen LogP contribution in [0, 0.1) is 12.8 Å². The number of pyridine rings is 1. The van der Waals surface area contributed by atoms with E-state index in [-0.39, 0.29) is 16.3 Å². The second-order valence-electron chi connectivity index (χ2n) is 10.9. The molecular formula is C30H29N3OS. The zero-order chi connectivity index (χ0) is 23.9. The molecule has 2 aromatic heterocycles. The Balaban J connectivity index is 1.46. The third-order valence-electron chi connectivity index (χ3n) is 8.26. The summed E-state index contributed by atoms with van der Waals surface area (Å²) in [5.41, 5.74) is 6.88. The Morgan fingerprint density at radius 3 is 2.63 bits per heavy atom. The van der Waals surface area contributed by atoms with Gasteiger partial charge in [0, 0.05) is 33.1 Å². The highest BCUT2D eigenvalue weighted by Gasteiger charge is 2.55. The Morgan fingerprint density at radius 1 is 1.03 bits per heavy atom. The van der Waals surface area contributed by atoms with Crippen molar-refractivity contribution in [3.63, 3.8) is 0 Å². The maximum absolute atomic E-state index is 6.79. The molecule has 35 heavy (non-hydrogen) atoms. The third kappa shape index (κ3) is 3.07. The minimum absolute atomic E-state index is 0.00952. The van der Waals surface area contributed by atoms with Gasteiger partial charge in [-0.25, -0.2) is 9.67 Å². The number of nitrogens with zero attached hydrogens (tertiary/aromatic N) is 3. The van der Waals surface area contributed by atoms with Gasteiger partial charge in [-0.3, -0.25) is 0 Å². The monoisotopic (exact) mass is 479 g/mol. The van der Waals surface area contributed by atoms with Crippen LogP contribution < -0.4 is 4.74 Å². The van der Waals surface area contributed by atoms with E-state index in [0.717, 1.165) is 40.6 Å². The highest BCUT2D eigenvalue weighted by molar-refractivity contribution is 8.01. The molecule has 1 aliphatic carbocycles. The van der Waals surface area contributed by atoms with Crippen molar-refractivity contribution in [1.29, 1.82) is 0 Å². The van der Waals surface area contributed by atoms with Gasteiger partial charge < -0.3 is 4.74 Å². The number of rotatable bonds is 1. The third-order valence-corrected chi connectivity index (χ3v) is 9.67. The van der Waals surface area contributed by atoms with Crippen LogP contribution in [0.4, 0.5) is 0 Å². The number of ether oxygens (including phenoxy) is 1. The largest absolute Gasteiger partial charge is 0.471 e. The molecule has 3 aliphatic rings. The van der Waals surface area contributed by atoms with Crippen molar-refractivity contribution in [3.05, 3.63) is 83.1 Å². The maximum atomic E-state index is 6.79. The average molecular weight is 480 g/mol. The molecule has 4 aromatic rings. The Kier molecular flexibility index (Phi) is 4.39. The number of para-hydroxylation sites is 2. The van der Waals surface area contributed by atoms with Crippen LogP contribution in [0.3, 0.4) is 0 Å². The van der Waals surface area contributed by atoms with Gasteiger partial charge in [0.1, 0.15) is 10.6 Å². The van der Waals surface area contributed by atoms with Crippen molar-refractivity contribution in [2.45, 2.75) is 61.8 Å². The van der Waals surface area contributed by atoms with Gasteiger partial charge >= 0.3 is 0 Å². The number of aromatic nitrogens is 3. The van der Waals surface area contributed by atoms with Crippen LogP contribution in [0.2, 0.25) is 0 Å². The second-order valence-corrected chi connectivity index (χ2v) is 12.4. The smallest absolute Gasteiger partial charge is 0.221 e. The molecule has 1 saturated carbocycles. The normalized spacial score (nSPS) is 26.1. The molecule has 0 amide bonds. The highest BCUT2D eigenvalue weighted by atomic mass is 32.2. The molecule has 3 atom stereocenters. The quantitative estimate of drug-likeness (QED) is 0.286. The van der Waals surface area contributed by atoms with Crippen molar-refractivity contribution >= 4 is 28.7 Å². The summed E-state index contributed by atoms with van der Waals surface area (Å²) in [7, 11) is 0. The standard InChI is InChI=1S/C30H29N3OS/c1-18-25-26-22(29(2,3)34-28(25)33(32-18)21-11-6-5-7-12-21)14-15-30(4)23(26)17-20-16-19-10-8-9-13-24(19)31-27(20)35-30/h5-13,16-17,22,26H,14-15H2,1-4H3/t22-,26-,30+/m0/s1. The van der Waals surface area contributed by atoms with Crippen molar-refractivity contribution in [3.8, 4) is 11.6 Å². The topological polar surface area (TPSA) is 39.9 Å². The van der Waals surface area contributed by atoms with Gasteiger partial charge in [0.05, 0.1) is 16.9 Å². The molecule has 2 aliphatic heterocycles. The first-order chi connectivity index (χ1) is 16.8. The lowest BCUT2D eigenvalue weighted by molar-refractivity contribution is -0.00299. The Morgan fingerprint density at radius 2 is 1.80 bits per heavy atom. The highest BCUT2D eigenvalue weighted by Crippen LogP contribution is 2.63. The summed E-state index contributed by atoms with van der Waals surface area (Å²) >= 11 is 1.95. The number of hydrogen-bond acceptors (Lipinski definition) is 4. The summed E-state index contributed by atoms with van der Waals surface area (Å²) in [6, 6.07) is 21.1. The Hall–Kier alpha value is -3.05. The number of hydrogen-bond donors (Lipinski definition) is 0. The molecule has 0 saturated heterocycles. The fraction of sp³-hybridized carbons (Fsp3) is 0.333. The van der Waals surface area contributed by atoms with Crippen molar-refractivity contribution in [1.82, 2.24) is 14.8 Å². The molecule has 0 N–H and O–H groups in total. The molecule has 0 unspecified atom stereocenters. The summed E-state index contributed by atoms with van der Waals surface area (Å²) in [6.45, 7) is 9.07. The van der Waals surface area contributed by atoms with Gasteiger partial charge in [0.15, 0.2) is 0 Å². The van der Waals surface area contributed by atoms with Crippen LogP contribution in [0.1, 0.15) is 56.4 Å². The molecule has 0 bridgehead atoms. The number of thioether (sulfide) groups is 1. The summed E-state index contributed by atoms with van der Waals surface area (Å²) in [4.78, 5) is 5.07. The minimum Gasteiger partial charge on any atom is -0.471 e. The Labute approximate surface area is 210 Å². The van der Waals surface area contributed by atoms with Crippen LogP contribution in [-0.4, -0.2) is 25.1 Å². The van der Waals surface area contributed by atoms with Crippen molar-refractivity contribution < 1.29 is 4.74 Å². The summed E-state index contributed by atoms with van der Waals surface area (Å²) in [5.74, 6) is 1.58. The molecular weight excluding hydrogens is 450 g/mol. The van der Waals surface area contributed by atoms with E-state index < -0.39 is 0 Å². The fourth-order valence-electron chi connectivity index (χ4n) is 6.47. The van der Waals surface area contributed by atoms with E-state index in [1.807, 2.05) is 22.5 Å². The van der Waals surface area contributed by atoms with Gasteiger partial charge in [-0.15, -0.1) is 0 Å². The first-order valence-electron chi connectivity index (χ1n) is 12.5. The first kappa shape index (κ1) is 21.3. The molecule has 0 spiro atoms. The number of aryl methyl sites for hydroxylation is 1. The van der Waals surface area contributed by atoms with Gasteiger partial charge in [-0.1, -0.05) is 54.2 Å². The zero-order valence-corrected chi connectivity index (χ0v) is 21.4. The van der Waals surface area contributed by atoms with Crippen LogP contribution in [0.25, 0.3) is 22.7 Å². The average Bonchev–Trinajstić information content (AvgIpc) is 3.16. The maximum Gasteiger partial charge on any atom is 0.221 e. The van der Waals surface area contributed by atoms with Gasteiger partial charge in [0.2, 0.25) is 5.88 Å². The molecule has 4 nitrogen and oxygen atoms in total. The van der Waals surface area contributed by atoms with Crippen LogP contribution in [-0.2, 0) is 0 Å². The molecule has 7 rings (SSSR count). The van der Waals surface area contributed by atoms with E-state index >= 15 is 0 Å². The van der Waals surface area contributed by atoms with Crippen molar-refractivity contribution in [2.75, 3.05) is 0 Å². The van der Waals surface area contributed by atoms with Gasteiger partial charge in [-0.05, 0) is 70.4 Å². The Bertz CT molecular complexity index is 1520. The zero-order valence-electron chi connectivity index (χ0n) is 20.6. The van der Waals surface area contributed by atoms with Gasteiger partial charge in [-0.2, -0.15) is 5.10 Å². The molecule has 2 aromatic carbocycles. The molecule has 4 heterocycles. The first-order valence-corrected chi connectivity index (χ1v) is 13.3. The van der Waals surface area contributed by atoms with Gasteiger partial charge in [0.25, 0.3) is 0 Å². The van der Waals surface area contributed by atoms with E-state index in [1.54, 1.807) is 0 Å². The molecule has 0 radical (unpaired) electrons. The second kappa shape index (κ2) is 7.23. The van der Waals surface area contributed by atoms with E-state index in [0.29, 0.717) is 5.92 Å². The number of fused-ring (bicyclic) bond motifs is 7. The molecule has 176 valence electrons. The van der Waals surface area contributed by atoms with Crippen molar-refractivity contribution in [2.24, 2.45) is 5.92 Å². The summed E-state index contributed by atoms with van der Waals surface area (Å²) < 4.78 is 8.81.